The summed E-state index contributed by atoms with van der Waals surface area (Å²) in [6, 6.07) is 2.10. The molecule has 5 nitrogen and oxygen atoms in total. The van der Waals surface area contributed by atoms with Crippen molar-refractivity contribution in [2.75, 3.05) is 19.8 Å². The smallest absolute Gasteiger partial charge is 0.0897 e. The second-order valence-electron chi connectivity index (χ2n) is 5.72. The van der Waals surface area contributed by atoms with Crippen molar-refractivity contribution in [1.82, 2.24) is 19.7 Å². The maximum absolute atomic E-state index is 5.67. The quantitative estimate of drug-likeness (QED) is 0.606. The Morgan fingerprint density at radius 1 is 1.50 bits per heavy atom. The summed E-state index contributed by atoms with van der Waals surface area (Å²) in [5, 5.41) is 7.72. The first-order valence-corrected chi connectivity index (χ1v) is 8.45. The van der Waals surface area contributed by atoms with Crippen molar-refractivity contribution < 1.29 is 4.74 Å². The molecule has 22 heavy (non-hydrogen) atoms. The third-order valence-electron chi connectivity index (χ3n) is 3.78. The van der Waals surface area contributed by atoms with E-state index >= 15 is 0 Å². The molecule has 1 aliphatic rings. The Labute approximate surface area is 135 Å². The second-order valence-corrected chi connectivity index (χ2v) is 6.79. The number of hydrogen-bond donors (Lipinski definition) is 0. The lowest BCUT2D eigenvalue weighted by Crippen LogP contribution is -2.30. The number of fused-ring (bicyclic) bond motifs is 1. The van der Waals surface area contributed by atoms with Gasteiger partial charge in [0.2, 0.25) is 0 Å². The molecular formula is C16H22N4OS. The van der Waals surface area contributed by atoms with Gasteiger partial charge in [-0.3, -0.25) is 9.58 Å². The fraction of sp³-hybridized carbons (Fsp3) is 0.500. The van der Waals surface area contributed by atoms with E-state index in [-0.39, 0.29) is 0 Å². The molecule has 0 amide bonds. The van der Waals surface area contributed by atoms with Crippen molar-refractivity contribution in [2.45, 2.75) is 26.6 Å². The van der Waals surface area contributed by atoms with Gasteiger partial charge in [-0.05, 0) is 13.0 Å². The molecule has 118 valence electrons. The highest BCUT2D eigenvalue weighted by Gasteiger charge is 2.23. The summed E-state index contributed by atoms with van der Waals surface area (Å²) in [6.07, 6.45) is 3.68. The average Bonchev–Trinajstić information content (AvgIpc) is 3.05. The zero-order valence-corrected chi connectivity index (χ0v) is 13.8. The standard InChI is InChI=1S/C16H22N4OS/c1-3-6-21-11-14-7-19(9-15-12-22-13(2)18-15)10-16-4-5-17-20(16)8-14/h3-5,12,14H,1,6-11H2,2H3. The van der Waals surface area contributed by atoms with Crippen LogP contribution in [0.25, 0.3) is 0 Å². The molecule has 1 aliphatic heterocycles. The summed E-state index contributed by atoms with van der Waals surface area (Å²) in [4.78, 5) is 7.03. The lowest BCUT2D eigenvalue weighted by Gasteiger charge is -2.22. The molecule has 3 heterocycles. The Morgan fingerprint density at radius 2 is 2.41 bits per heavy atom. The molecule has 0 spiro atoms. The molecule has 2 aromatic rings. The van der Waals surface area contributed by atoms with Crippen molar-refractivity contribution >= 4 is 11.3 Å². The van der Waals surface area contributed by atoms with E-state index in [1.165, 1.54) is 5.69 Å². The first kappa shape index (κ1) is 15.4. The highest BCUT2D eigenvalue weighted by atomic mass is 32.1. The van der Waals surface area contributed by atoms with E-state index in [1.54, 1.807) is 17.4 Å². The van der Waals surface area contributed by atoms with Gasteiger partial charge in [0.05, 0.1) is 29.6 Å². The van der Waals surface area contributed by atoms with Gasteiger partial charge in [0, 0.05) is 43.7 Å². The van der Waals surface area contributed by atoms with Gasteiger partial charge >= 0.3 is 0 Å². The number of thiazole rings is 1. The minimum absolute atomic E-state index is 0.431. The number of ether oxygens (including phenoxy) is 1. The van der Waals surface area contributed by atoms with Crippen LogP contribution < -0.4 is 0 Å². The van der Waals surface area contributed by atoms with E-state index in [1.807, 2.05) is 6.20 Å². The normalized spacial score (nSPS) is 18.9. The van der Waals surface area contributed by atoms with E-state index in [9.17, 15) is 0 Å². The highest BCUT2D eigenvalue weighted by molar-refractivity contribution is 7.09. The molecule has 0 aromatic carbocycles. The SMILES string of the molecule is C=CCOCC1CN(Cc2csc(C)n2)Cc2ccnn2C1. The van der Waals surface area contributed by atoms with Gasteiger partial charge in [-0.15, -0.1) is 17.9 Å². The molecule has 0 bridgehead atoms. The van der Waals surface area contributed by atoms with E-state index in [0.29, 0.717) is 12.5 Å². The van der Waals surface area contributed by atoms with Crippen LogP contribution in [0.5, 0.6) is 0 Å². The monoisotopic (exact) mass is 318 g/mol. The minimum atomic E-state index is 0.431. The zero-order chi connectivity index (χ0) is 15.4. The van der Waals surface area contributed by atoms with Gasteiger partial charge in [-0.2, -0.15) is 5.10 Å². The van der Waals surface area contributed by atoms with Crippen molar-refractivity contribution in [2.24, 2.45) is 5.92 Å². The van der Waals surface area contributed by atoms with Crippen LogP contribution in [0.1, 0.15) is 16.4 Å². The third kappa shape index (κ3) is 3.82. The Kier molecular flexibility index (Phi) is 5.02. The molecule has 0 N–H and O–H groups in total. The summed E-state index contributed by atoms with van der Waals surface area (Å²) < 4.78 is 7.78. The second kappa shape index (κ2) is 7.17. The number of aromatic nitrogens is 3. The predicted octanol–water partition coefficient (Wildman–Crippen LogP) is 2.48. The maximum atomic E-state index is 5.67. The summed E-state index contributed by atoms with van der Waals surface area (Å²) in [7, 11) is 0. The minimum Gasteiger partial charge on any atom is -0.377 e. The van der Waals surface area contributed by atoms with Gasteiger partial charge < -0.3 is 4.74 Å². The first-order chi connectivity index (χ1) is 10.7. The molecule has 6 heteroatoms. The molecule has 2 aromatic heterocycles. The van der Waals surface area contributed by atoms with Crippen LogP contribution in [0, 0.1) is 12.8 Å². The molecule has 0 saturated heterocycles. The molecule has 1 atom stereocenters. The molecule has 3 rings (SSSR count). The first-order valence-electron chi connectivity index (χ1n) is 7.57. The van der Waals surface area contributed by atoms with Crippen LogP contribution in [0.15, 0.2) is 30.3 Å². The Hall–Kier alpha value is -1.50. The Bertz CT molecular complexity index is 621. The summed E-state index contributed by atoms with van der Waals surface area (Å²) >= 11 is 1.71. The van der Waals surface area contributed by atoms with Gasteiger partial charge in [0.25, 0.3) is 0 Å². The Morgan fingerprint density at radius 3 is 3.18 bits per heavy atom. The van der Waals surface area contributed by atoms with Crippen molar-refractivity contribution in [3.63, 3.8) is 0 Å². The lowest BCUT2D eigenvalue weighted by molar-refractivity contribution is 0.0930. The predicted molar refractivity (Wildman–Crippen MR) is 87.7 cm³/mol. The average molecular weight is 318 g/mol. The van der Waals surface area contributed by atoms with Gasteiger partial charge in [0.1, 0.15) is 0 Å². The fourth-order valence-corrected chi connectivity index (χ4v) is 3.48. The molecule has 0 aliphatic carbocycles. The van der Waals surface area contributed by atoms with Crippen molar-refractivity contribution in [1.29, 1.82) is 0 Å². The van der Waals surface area contributed by atoms with Gasteiger partial charge in [0.15, 0.2) is 0 Å². The fourth-order valence-electron chi connectivity index (χ4n) is 2.87. The largest absolute Gasteiger partial charge is 0.377 e. The van der Waals surface area contributed by atoms with Gasteiger partial charge in [-0.25, -0.2) is 4.98 Å². The molecule has 0 saturated carbocycles. The van der Waals surface area contributed by atoms with Gasteiger partial charge in [-0.1, -0.05) is 6.08 Å². The van der Waals surface area contributed by atoms with E-state index < -0.39 is 0 Å². The number of aryl methyl sites for hydroxylation is 1. The van der Waals surface area contributed by atoms with Crippen molar-refractivity contribution in [3.05, 3.63) is 46.7 Å². The maximum Gasteiger partial charge on any atom is 0.0897 e. The van der Waals surface area contributed by atoms with Crippen LogP contribution in [0.3, 0.4) is 0 Å². The molecular weight excluding hydrogens is 296 g/mol. The third-order valence-corrected chi connectivity index (χ3v) is 4.60. The van der Waals surface area contributed by atoms with Crippen molar-refractivity contribution in [3.8, 4) is 0 Å². The van der Waals surface area contributed by atoms with Crippen LogP contribution in [0.2, 0.25) is 0 Å². The lowest BCUT2D eigenvalue weighted by atomic mass is 10.1. The van der Waals surface area contributed by atoms with E-state index in [0.717, 1.165) is 43.5 Å². The number of hydrogen-bond acceptors (Lipinski definition) is 5. The topological polar surface area (TPSA) is 43.2 Å². The van der Waals surface area contributed by atoms with E-state index in [2.05, 4.69) is 44.6 Å². The highest BCUT2D eigenvalue weighted by Crippen LogP contribution is 2.19. The summed E-state index contributed by atoms with van der Waals surface area (Å²) in [5.74, 6) is 0.431. The summed E-state index contributed by atoms with van der Waals surface area (Å²) in [5.41, 5.74) is 2.42. The van der Waals surface area contributed by atoms with E-state index in [4.69, 9.17) is 4.74 Å². The van der Waals surface area contributed by atoms with Crippen LogP contribution in [0.4, 0.5) is 0 Å². The van der Waals surface area contributed by atoms with Crippen LogP contribution in [-0.2, 0) is 24.4 Å². The summed E-state index contributed by atoms with van der Waals surface area (Å²) in [6.45, 7) is 10.8. The molecule has 0 radical (unpaired) electrons. The van der Waals surface area contributed by atoms with Crippen LogP contribution in [-0.4, -0.2) is 39.4 Å². The number of nitrogens with zero attached hydrogens (tertiary/aromatic N) is 4. The van der Waals surface area contributed by atoms with Crippen LogP contribution >= 0.6 is 11.3 Å². The molecule has 0 fully saturated rings. The number of rotatable bonds is 6. The molecule has 1 unspecified atom stereocenters. The Balaban J connectivity index is 1.70. The zero-order valence-electron chi connectivity index (χ0n) is 12.9.